The molecule has 2 heterocycles. The predicted octanol–water partition coefficient (Wildman–Crippen LogP) is 4.46. The molecule has 1 aliphatic heterocycles. The number of carbonyl (C=O) groups excluding carboxylic acids is 1. The summed E-state index contributed by atoms with van der Waals surface area (Å²) in [5.74, 6) is -0.285. The Labute approximate surface area is 152 Å². The molecule has 1 fully saturated rings. The van der Waals surface area contributed by atoms with E-state index < -0.39 is 5.41 Å². The van der Waals surface area contributed by atoms with Crippen LogP contribution in [0.25, 0.3) is 0 Å². The van der Waals surface area contributed by atoms with Crippen molar-refractivity contribution in [3.63, 3.8) is 0 Å². The third kappa shape index (κ3) is 3.90. The Hall–Kier alpha value is -1.79. The molecule has 3 rings (SSSR count). The van der Waals surface area contributed by atoms with Crippen LogP contribution in [0, 0.1) is 11.2 Å². The number of amides is 1. The standard InChI is InChI=1S/C19H24FN3OS/c1-19(2,3)18(24)23(15-8-6-14(20)7-9-15)17(16-12-21-13-25-16)22-10-4-5-11-22/h6-9,12-13,17H,4-5,10-11H2,1-3H3. The van der Waals surface area contributed by atoms with Gasteiger partial charge in [0.1, 0.15) is 12.0 Å². The first kappa shape index (κ1) is 18.0. The summed E-state index contributed by atoms with van der Waals surface area (Å²) in [7, 11) is 0. The average Bonchev–Trinajstić information content (AvgIpc) is 3.26. The van der Waals surface area contributed by atoms with Gasteiger partial charge in [0.2, 0.25) is 5.91 Å². The second kappa shape index (κ2) is 7.22. The lowest BCUT2D eigenvalue weighted by molar-refractivity contribution is -0.127. The lowest BCUT2D eigenvalue weighted by atomic mass is 9.93. The van der Waals surface area contributed by atoms with Crippen molar-refractivity contribution in [1.82, 2.24) is 9.88 Å². The van der Waals surface area contributed by atoms with Crippen LogP contribution < -0.4 is 4.90 Å². The van der Waals surface area contributed by atoms with Gasteiger partial charge in [-0.05, 0) is 37.1 Å². The monoisotopic (exact) mass is 361 g/mol. The molecule has 1 amide bonds. The Morgan fingerprint density at radius 3 is 2.40 bits per heavy atom. The second-order valence-corrected chi connectivity index (χ2v) is 8.34. The minimum Gasteiger partial charge on any atom is -0.291 e. The highest BCUT2D eigenvalue weighted by molar-refractivity contribution is 7.09. The number of hydrogen-bond donors (Lipinski definition) is 0. The van der Waals surface area contributed by atoms with Gasteiger partial charge in [-0.25, -0.2) is 4.39 Å². The van der Waals surface area contributed by atoms with Crippen molar-refractivity contribution in [3.05, 3.63) is 46.7 Å². The fraction of sp³-hybridized carbons (Fsp3) is 0.474. The molecular formula is C19H24FN3OS. The molecule has 1 aromatic carbocycles. The van der Waals surface area contributed by atoms with Crippen molar-refractivity contribution in [2.24, 2.45) is 5.41 Å². The molecule has 6 heteroatoms. The minimum atomic E-state index is -0.545. The van der Waals surface area contributed by atoms with Crippen LogP contribution in [0.3, 0.4) is 0 Å². The molecule has 4 nitrogen and oxygen atoms in total. The first-order valence-electron chi connectivity index (χ1n) is 8.59. The topological polar surface area (TPSA) is 36.4 Å². The van der Waals surface area contributed by atoms with Crippen molar-refractivity contribution in [3.8, 4) is 0 Å². The van der Waals surface area contributed by atoms with E-state index in [-0.39, 0.29) is 17.9 Å². The summed E-state index contributed by atoms with van der Waals surface area (Å²) in [4.78, 5) is 22.7. The molecule has 1 saturated heterocycles. The molecule has 0 aliphatic carbocycles. The van der Waals surface area contributed by atoms with Crippen molar-refractivity contribution in [2.75, 3.05) is 18.0 Å². The molecule has 0 saturated carbocycles. The zero-order valence-corrected chi connectivity index (χ0v) is 15.7. The average molecular weight is 361 g/mol. The SMILES string of the molecule is CC(C)(C)C(=O)N(c1ccc(F)cc1)C(c1cncs1)N1CCCC1. The molecule has 1 aromatic heterocycles. The Bertz CT molecular complexity index is 703. The zero-order chi connectivity index (χ0) is 18.0. The molecule has 25 heavy (non-hydrogen) atoms. The van der Waals surface area contributed by atoms with E-state index >= 15 is 0 Å². The van der Waals surface area contributed by atoms with E-state index in [9.17, 15) is 9.18 Å². The summed E-state index contributed by atoms with van der Waals surface area (Å²) in [6.07, 6.45) is 3.87. The number of aromatic nitrogens is 1. The normalized spacial score (nSPS) is 16.8. The van der Waals surface area contributed by atoms with E-state index in [1.807, 2.05) is 31.9 Å². The Kier molecular flexibility index (Phi) is 5.20. The van der Waals surface area contributed by atoms with Crippen LogP contribution in [-0.4, -0.2) is 28.9 Å². The third-order valence-corrected chi connectivity index (χ3v) is 5.22. The zero-order valence-electron chi connectivity index (χ0n) is 14.9. The number of halogens is 1. The van der Waals surface area contributed by atoms with Crippen molar-refractivity contribution in [1.29, 1.82) is 0 Å². The summed E-state index contributed by atoms with van der Waals surface area (Å²) < 4.78 is 13.4. The van der Waals surface area contributed by atoms with Gasteiger partial charge in [0.25, 0.3) is 0 Å². The van der Waals surface area contributed by atoms with E-state index in [2.05, 4.69) is 9.88 Å². The highest BCUT2D eigenvalue weighted by atomic mass is 32.1. The Morgan fingerprint density at radius 2 is 1.88 bits per heavy atom. The largest absolute Gasteiger partial charge is 0.291 e. The Balaban J connectivity index is 2.09. The first-order chi connectivity index (χ1) is 11.9. The van der Waals surface area contributed by atoms with Crippen LogP contribution in [0.15, 0.2) is 36.0 Å². The van der Waals surface area contributed by atoms with Crippen LogP contribution in [0.1, 0.15) is 44.7 Å². The summed E-state index contributed by atoms with van der Waals surface area (Å²) >= 11 is 1.55. The van der Waals surface area contributed by atoms with Gasteiger partial charge in [0.05, 0.1) is 10.4 Å². The van der Waals surface area contributed by atoms with E-state index in [1.54, 1.807) is 29.0 Å². The lowest BCUT2D eigenvalue weighted by Crippen LogP contribution is -2.48. The van der Waals surface area contributed by atoms with Crippen molar-refractivity contribution < 1.29 is 9.18 Å². The third-order valence-electron chi connectivity index (χ3n) is 4.40. The lowest BCUT2D eigenvalue weighted by Gasteiger charge is -2.40. The first-order valence-corrected chi connectivity index (χ1v) is 9.47. The summed E-state index contributed by atoms with van der Waals surface area (Å²) in [6, 6.07) is 6.18. The van der Waals surface area contributed by atoms with Gasteiger partial charge in [0, 0.05) is 30.4 Å². The van der Waals surface area contributed by atoms with Gasteiger partial charge >= 0.3 is 0 Å². The Morgan fingerprint density at radius 1 is 1.24 bits per heavy atom. The van der Waals surface area contributed by atoms with Crippen LogP contribution >= 0.6 is 11.3 Å². The molecular weight excluding hydrogens is 337 g/mol. The summed E-state index contributed by atoms with van der Waals surface area (Å²) in [6.45, 7) is 7.63. The van der Waals surface area contributed by atoms with Crippen LogP contribution in [0.4, 0.5) is 10.1 Å². The number of nitrogens with zero attached hydrogens (tertiary/aromatic N) is 3. The molecule has 1 atom stereocenters. The number of rotatable bonds is 4. The molecule has 0 radical (unpaired) electrons. The van der Waals surface area contributed by atoms with E-state index in [4.69, 9.17) is 0 Å². The van der Waals surface area contributed by atoms with Crippen LogP contribution in [0.2, 0.25) is 0 Å². The van der Waals surface area contributed by atoms with E-state index in [0.717, 1.165) is 30.8 Å². The number of benzene rings is 1. The maximum absolute atomic E-state index is 13.4. The predicted molar refractivity (Wildman–Crippen MR) is 99.0 cm³/mol. The smallest absolute Gasteiger partial charge is 0.233 e. The van der Waals surface area contributed by atoms with Gasteiger partial charge < -0.3 is 0 Å². The number of likely N-dealkylation sites (tertiary alicyclic amines) is 1. The number of anilines is 1. The van der Waals surface area contributed by atoms with Gasteiger partial charge in [-0.15, -0.1) is 11.3 Å². The highest BCUT2D eigenvalue weighted by Crippen LogP contribution is 2.37. The number of carbonyl (C=O) groups is 1. The van der Waals surface area contributed by atoms with Gasteiger partial charge in [-0.1, -0.05) is 20.8 Å². The number of thiazole rings is 1. The van der Waals surface area contributed by atoms with Gasteiger partial charge in [0.15, 0.2) is 0 Å². The van der Waals surface area contributed by atoms with Crippen molar-refractivity contribution in [2.45, 2.75) is 39.8 Å². The number of hydrogen-bond acceptors (Lipinski definition) is 4. The summed E-state index contributed by atoms with van der Waals surface area (Å²) in [5, 5.41) is 0. The minimum absolute atomic E-state index is 0.0180. The molecule has 2 aromatic rings. The highest BCUT2D eigenvalue weighted by Gasteiger charge is 2.38. The second-order valence-electron chi connectivity index (χ2n) is 7.42. The maximum Gasteiger partial charge on any atom is 0.233 e. The fourth-order valence-corrected chi connectivity index (χ4v) is 3.88. The van der Waals surface area contributed by atoms with Crippen LogP contribution in [0.5, 0.6) is 0 Å². The molecule has 0 spiro atoms. The molecule has 0 N–H and O–H groups in total. The van der Waals surface area contributed by atoms with E-state index in [0.29, 0.717) is 5.69 Å². The van der Waals surface area contributed by atoms with Gasteiger partial charge in [-0.3, -0.25) is 19.6 Å². The van der Waals surface area contributed by atoms with Crippen LogP contribution in [-0.2, 0) is 4.79 Å². The fourth-order valence-electron chi connectivity index (χ4n) is 3.14. The maximum atomic E-state index is 13.4. The molecule has 1 aliphatic rings. The quantitative estimate of drug-likeness (QED) is 0.807. The van der Waals surface area contributed by atoms with Gasteiger partial charge in [-0.2, -0.15) is 0 Å². The summed E-state index contributed by atoms with van der Waals surface area (Å²) in [5.41, 5.74) is 1.96. The molecule has 134 valence electrons. The van der Waals surface area contributed by atoms with Crippen molar-refractivity contribution >= 4 is 22.9 Å². The molecule has 0 bridgehead atoms. The molecule has 1 unspecified atom stereocenters. The van der Waals surface area contributed by atoms with E-state index in [1.165, 1.54) is 12.1 Å².